The summed E-state index contributed by atoms with van der Waals surface area (Å²) in [4.78, 5) is 0. The number of hydrogen-bond donors (Lipinski definition) is 0. The Balaban J connectivity index is 0.0000137. The van der Waals surface area contributed by atoms with Crippen molar-refractivity contribution in [3.05, 3.63) is 0 Å². The van der Waals surface area contributed by atoms with Crippen molar-refractivity contribution < 1.29 is 49.9 Å². The van der Waals surface area contributed by atoms with Gasteiger partial charge in [0.25, 0.3) is 0 Å². The Hall–Kier alpha value is 0.200. The summed E-state index contributed by atoms with van der Waals surface area (Å²) in [5, 5.41) is 0. The lowest BCUT2D eigenvalue weighted by Gasteiger charge is -2.44. The second-order valence-corrected chi connectivity index (χ2v) is 11.4. The van der Waals surface area contributed by atoms with Crippen molar-refractivity contribution in [1.29, 1.82) is 0 Å². The van der Waals surface area contributed by atoms with E-state index in [2.05, 4.69) is 21.0 Å². The van der Waals surface area contributed by atoms with Crippen molar-refractivity contribution in [2.24, 2.45) is 0 Å². The number of unbranched alkanes of at least 4 members (excludes halogenated alkanes) is 13. The van der Waals surface area contributed by atoms with E-state index < -0.39 is 6.29 Å². The fourth-order valence-electron chi connectivity index (χ4n) is 5.37. The quantitative estimate of drug-likeness (QED) is 0.124. The van der Waals surface area contributed by atoms with Crippen molar-refractivity contribution in [3.63, 3.8) is 0 Å². The van der Waals surface area contributed by atoms with Crippen LogP contribution in [-0.2, 0) is 28.4 Å². The summed E-state index contributed by atoms with van der Waals surface area (Å²) in [5.41, 5.74) is 0. The SMILES string of the molecule is CCCCCCCCCCCCCCCC[N+](C)(C)CCOC1OC(COC)C(OC)C(OC)C1OC.[Br-]. The maximum Gasteiger partial charge on any atom is 0.187 e. The van der Waals surface area contributed by atoms with Crippen LogP contribution >= 0.6 is 0 Å². The smallest absolute Gasteiger partial charge is 0.187 e. The molecule has 5 atom stereocenters. The summed E-state index contributed by atoms with van der Waals surface area (Å²) in [6, 6.07) is 0. The highest BCUT2D eigenvalue weighted by atomic mass is 79.9. The van der Waals surface area contributed by atoms with Crippen molar-refractivity contribution in [1.82, 2.24) is 0 Å². The van der Waals surface area contributed by atoms with Gasteiger partial charge in [-0.2, -0.15) is 0 Å². The van der Waals surface area contributed by atoms with Gasteiger partial charge in [-0.3, -0.25) is 0 Å². The highest BCUT2D eigenvalue weighted by molar-refractivity contribution is 4.92. The van der Waals surface area contributed by atoms with Crippen LogP contribution in [-0.4, -0.2) is 104 Å². The highest BCUT2D eigenvalue weighted by Crippen LogP contribution is 2.28. The first-order valence-corrected chi connectivity index (χ1v) is 15.1. The van der Waals surface area contributed by atoms with Crippen LogP contribution in [0.2, 0.25) is 0 Å². The third-order valence-electron chi connectivity index (χ3n) is 7.83. The number of quaternary nitrogens is 1. The van der Waals surface area contributed by atoms with E-state index in [1.165, 1.54) is 96.4 Å². The molecule has 230 valence electrons. The topological polar surface area (TPSA) is 55.4 Å². The van der Waals surface area contributed by atoms with Gasteiger partial charge in [0.05, 0.1) is 33.9 Å². The third kappa shape index (κ3) is 15.8. The van der Waals surface area contributed by atoms with E-state index in [0.29, 0.717) is 13.2 Å². The van der Waals surface area contributed by atoms with Gasteiger partial charge in [0.2, 0.25) is 0 Å². The number of rotatable bonds is 24. The van der Waals surface area contributed by atoms with E-state index in [-0.39, 0.29) is 41.4 Å². The van der Waals surface area contributed by atoms with Gasteiger partial charge in [0.15, 0.2) is 6.29 Å². The summed E-state index contributed by atoms with van der Waals surface area (Å²) < 4.78 is 35.7. The maximum absolute atomic E-state index is 6.19. The predicted octanol–water partition coefficient (Wildman–Crippen LogP) is 2.98. The summed E-state index contributed by atoms with van der Waals surface area (Å²) >= 11 is 0. The average Bonchev–Trinajstić information content (AvgIpc) is 2.88. The van der Waals surface area contributed by atoms with Gasteiger partial charge < -0.3 is 49.9 Å². The average molecular weight is 613 g/mol. The van der Waals surface area contributed by atoms with Crippen LogP contribution < -0.4 is 17.0 Å². The number of halogens is 1. The molecule has 0 amide bonds. The highest BCUT2D eigenvalue weighted by Gasteiger charge is 2.47. The number of methoxy groups -OCH3 is 4. The molecule has 1 aliphatic rings. The van der Waals surface area contributed by atoms with Crippen LogP contribution in [0.4, 0.5) is 0 Å². The summed E-state index contributed by atoms with van der Waals surface area (Å²) in [7, 11) is 11.2. The molecular weight excluding hydrogens is 550 g/mol. The van der Waals surface area contributed by atoms with Gasteiger partial charge in [-0.05, 0) is 12.8 Å². The lowest BCUT2D eigenvalue weighted by Crippen LogP contribution is -3.00. The summed E-state index contributed by atoms with van der Waals surface area (Å²) in [6.07, 6.45) is 17.8. The molecule has 0 aromatic rings. The minimum absolute atomic E-state index is 0. The first-order valence-electron chi connectivity index (χ1n) is 15.1. The fraction of sp³-hybridized carbons (Fsp3) is 1.00. The monoisotopic (exact) mass is 611 g/mol. The molecule has 1 saturated heterocycles. The zero-order valence-electron chi connectivity index (χ0n) is 25.9. The number of ether oxygens (including phenoxy) is 6. The van der Waals surface area contributed by atoms with Gasteiger partial charge in [-0.25, -0.2) is 0 Å². The van der Waals surface area contributed by atoms with Gasteiger partial charge in [-0.1, -0.05) is 84.0 Å². The van der Waals surface area contributed by atoms with E-state index >= 15 is 0 Å². The van der Waals surface area contributed by atoms with Crippen LogP contribution in [0.3, 0.4) is 0 Å². The zero-order valence-corrected chi connectivity index (χ0v) is 27.5. The molecule has 0 bridgehead atoms. The fourth-order valence-corrected chi connectivity index (χ4v) is 5.37. The Morgan fingerprint density at radius 1 is 0.605 bits per heavy atom. The van der Waals surface area contributed by atoms with Gasteiger partial charge in [0.1, 0.15) is 31.0 Å². The van der Waals surface area contributed by atoms with E-state index in [1.807, 2.05) is 0 Å². The first kappa shape index (κ1) is 38.2. The second kappa shape index (κ2) is 23.9. The Bertz CT molecular complexity index is 527. The normalized spacial score (nSPS) is 23.9. The van der Waals surface area contributed by atoms with Gasteiger partial charge in [0, 0.05) is 28.4 Å². The lowest BCUT2D eigenvalue weighted by atomic mass is 9.98. The van der Waals surface area contributed by atoms with Crippen molar-refractivity contribution in [3.8, 4) is 0 Å². The van der Waals surface area contributed by atoms with Gasteiger partial charge >= 0.3 is 0 Å². The molecule has 1 heterocycles. The van der Waals surface area contributed by atoms with Gasteiger partial charge in [-0.15, -0.1) is 0 Å². The molecule has 5 unspecified atom stereocenters. The van der Waals surface area contributed by atoms with Crippen LogP contribution in [0.15, 0.2) is 0 Å². The predicted molar refractivity (Wildman–Crippen MR) is 151 cm³/mol. The number of likely N-dealkylation sites (N-methyl/N-ethyl adjacent to an activating group) is 1. The Morgan fingerprint density at radius 3 is 1.53 bits per heavy atom. The van der Waals surface area contributed by atoms with E-state index in [4.69, 9.17) is 28.4 Å². The van der Waals surface area contributed by atoms with Crippen molar-refractivity contribution in [2.75, 3.05) is 68.8 Å². The molecule has 0 saturated carbocycles. The molecule has 38 heavy (non-hydrogen) atoms. The van der Waals surface area contributed by atoms with Crippen LogP contribution in [0, 0.1) is 0 Å². The maximum atomic E-state index is 6.19. The number of hydrogen-bond acceptors (Lipinski definition) is 6. The first-order chi connectivity index (χ1) is 17.9. The largest absolute Gasteiger partial charge is 1.00 e. The molecule has 0 radical (unpaired) electrons. The molecule has 1 aliphatic heterocycles. The standard InChI is InChI=1S/C30H62NO6.BrH/c1-8-9-10-11-12-13-14-15-16-17-18-19-20-21-22-31(2,3)23-24-36-30-29(35-7)28(34-6)27(33-5)26(37-30)25-32-4;/h26-30H,8-25H2,1-7H3;1H/q+1;/p-1. The summed E-state index contributed by atoms with van der Waals surface area (Å²) in [6.45, 7) is 5.39. The van der Waals surface area contributed by atoms with Crippen LogP contribution in [0.1, 0.15) is 96.8 Å². The second-order valence-electron chi connectivity index (χ2n) is 11.4. The Kier molecular flexibility index (Phi) is 24.0. The van der Waals surface area contributed by atoms with Crippen LogP contribution in [0.5, 0.6) is 0 Å². The molecule has 7 nitrogen and oxygen atoms in total. The summed E-state index contributed by atoms with van der Waals surface area (Å²) in [5.74, 6) is 0. The minimum Gasteiger partial charge on any atom is -1.00 e. The third-order valence-corrected chi connectivity index (χ3v) is 7.83. The van der Waals surface area contributed by atoms with Crippen molar-refractivity contribution >= 4 is 0 Å². The van der Waals surface area contributed by atoms with E-state index in [1.54, 1.807) is 28.4 Å². The molecule has 0 aliphatic carbocycles. The molecule has 8 heteroatoms. The molecule has 0 N–H and O–H groups in total. The minimum atomic E-state index is -0.512. The Morgan fingerprint density at radius 2 is 1.08 bits per heavy atom. The zero-order chi connectivity index (χ0) is 27.4. The molecule has 0 spiro atoms. The van der Waals surface area contributed by atoms with E-state index in [9.17, 15) is 0 Å². The van der Waals surface area contributed by atoms with Crippen molar-refractivity contribution in [2.45, 2.75) is 128 Å². The lowest BCUT2D eigenvalue weighted by molar-refractivity contribution is -0.891. The molecular formula is C30H62BrNO6. The number of nitrogens with zero attached hydrogens (tertiary/aromatic N) is 1. The molecule has 1 rings (SSSR count). The van der Waals surface area contributed by atoms with E-state index in [0.717, 1.165) is 11.0 Å². The molecule has 1 fully saturated rings. The molecule has 0 aromatic heterocycles. The Labute approximate surface area is 245 Å². The van der Waals surface area contributed by atoms with Crippen LogP contribution in [0.25, 0.3) is 0 Å². The molecule has 0 aromatic carbocycles.